The number of amides is 1. The highest BCUT2D eigenvalue weighted by Crippen LogP contribution is 2.28. The lowest BCUT2D eigenvalue weighted by Crippen LogP contribution is -2.09. The number of carbonyl (C=O) groups is 1. The summed E-state index contributed by atoms with van der Waals surface area (Å²) in [6.45, 7) is 0. The van der Waals surface area contributed by atoms with Crippen LogP contribution in [0.4, 0.5) is 5.69 Å². The fourth-order valence-corrected chi connectivity index (χ4v) is 3.39. The van der Waals surface area contributed by atoms with Crippen molar-refractivity contribution in [2.75, 3.05) is 19.5 Å². The van der Waals surface area contributed by atoms with Crippen LogP contribution in [0.5, 0.6) is 11.5 Å². The number of hydrogen-bond acceptors (Lipinski definition) is 6. The number of methoxy groups -OCH3 is 2. The van der Waals surface area contributed by atoms with Crippen LogP contribution in [0.2, 0.25) is 0 Å². The van der Waals surface area contributed by atoms with Gasteiger partial charge in [0.25, 0.3) is 0 Å². The predicted molar refractivity (Wildman–Crippen MR) is 115 cm³/mol. The van der Waals surface area contributed by atoms with E-state index in [2.05, 4.69) is 15.3 Å². The van der Waals surface area contributed by atoms with E-state index in [-0.39, 0.29) is 5.91 Å². The number of aromatic nitrogens is 2. The predicted octanol–water partition coefficient (Wildman–Crippen LogP) is 4.44. The van der Waals surface area contributed by atoms with Crippen LogP contribution in [0.25, 0.3) is 6.08 Å². The fraction of sp³-hybridized carbons (Fsp3) is 0.136. The smallest absolute Gasteiger partial charge is 0.248 e. The molecule has 0 radical (unpaired) electrons. The second-order valence-corrected chi connectivity index (χ2v) is 6.86. The minimum absolute atomic E-state index is 0.254. The van der Waals surface area contributed by atoms with Crippen molar-refractivity contribution in [2.24, 2.45) is 0 Å². The summed E-state index contributed by atoms with van der Waals surface area (Å²) in [6, 6.07) is 14.8. The first-order valence-electron chi connectivity index (χ1n) is 8.88. The molecule has 0 saturated heterocycles. The zero-order valence-electron chi connectivity index (χ0n) is 16.2. The number of nitrogens with zero attached hydrogens (tertiary/aromatic N) is 2. The second kappa shape index (κ2) is 10.3. The lowest BCUT2D eigenvalue weighted by Gasteiger charge is -2.09. The average molecular weight is 407 g/mol. The van der Waals surface area contributed by atoms with E-state index in [1.54, 1.807) is 44.8 Å². The van der Waals surface area contributed by atoms with Gasteiger partial charge in [0.05, 0.1) is 25.6 Å². The van der Waals surface area contributed by atoms with Gasteiger partial charge in [-0.2, -0.15) is 0 Å². The van der Waals surface area contributed by atoms with Crippen molar-refractivity contribution >= 4 is 29.4 Å². The first-order chi connectivity index (χ1) is 14.2. The number of anilines is 1. The van der Waals surface area contributed by atoms with E-state index < -0.39 is 0 Å². The highest BCUT2D eigenvalue weighted by atomic mass is 32.2. The molecule has 0 fully saturated rings. The molecule has 2 aromatic heterocycles. The molecule has 1 aromatic carbocycles. The Bertz CT molecular complexity index is 994. The summed E-state index contributed by atoms with van der Waals surface area (Å²) in [5.74, 6) is 1.73. The number of benzene rings is 1. The standard InChI is InChI=1S/C22H21N3O3S/c1-27-18-10-8-16(20(14-18)28-2)9-11-21(26)25-19-7-5-13-24-22(19)29-15-17-6-3-4-12-23-17/h3-14H,15H2,1-2H3,(H,25,26)/b11-9+. The highest BCUT2D eigenvalue weighted by molar-refractivity contribution is 7.98. The number of hydrogen-bond donors (Lipinski definition) is 1. The number of thioether (sulfide) groups is 1. The highest BCUT2D eigenvalue weighted by Gasteiger charge is 2.08. The third kappa shape index (κ3) is 5.83. The Morgan fingerprint density at radius 1 is 1.07 bits per heavy atom. The molecule has 1 amide bonds. The molecule has 1 N–H and O–H groups in total. The zero-order valence-corrected chi connectivity index (χ0v) is 17.0. The molecule has 7 heteroatoms. The molecule has 3 aromatic rings. The zero-order chi connectivity index (χ0) is 20.5. The molecule has 6 nitrogen and oxygen atoms in total. The van der Waals surface area contributed by atoms with Gasteiger partial charge in [0.2, 0.25) is 5.91 Å². The molecule has 0 aliphatic rings. The van der Waals surface area contributed by atoms with Crippen LogP contribution < -0.4 is 14.8 Å². The minimum atomic E-state index is -0.254. The summed E-state index contributed by atoms with van der Waals surface area (Å²) >= 11 is 1.52. The van der Waals surface area contributed by atoms with Crippen LogP contribution in [0, 0.1) is 0 Å². The van der Waals surface area contributed by atoms with Gasteiger partial charge in [0, 0.05) is 35.9 Å². The van der Waals surface area contributed by atoms with Crippen molar-refractivity contribution in [3.05, 3.63) is 78.3 Å². The van der Waals surface area contributed by atoms with Gasteiger partial charge in [-0.3, -0.25) is 9.78 Å². The maximum absolute atomic E-state index is 12.4. The van der Waals surface area contributed by atoms with Crippen molar-refractivity contribution in [3.8, 4) is 11.5 Å². The van der Waals surface area contributed by atoms with Crippen molar-refractivity contribution in [3.63, 3.8) is 0 Å². The molecular formula is C22H21N3O3S. The molecule has 2 heterocycles. The molecule has 0 spiro atoms. The van der Waals surface area contributed by atoms with Gasteiger partial charge in [0.15, 0.2) is 0 Å². The van der Waals surface area contributed by atoms with Crippen LogP contribution in [0.15, 0.2) is 72.0 Å². The van der Waals surface area contributed by atoms with E-state index in [0.29, 0.717) is 22.9 Å². The van der Waals surface area contributed by atoms with Gasteiger partial charge >= 0.3 is 0 Å². The Hall–Kier alpha value is -3.32. The number of carbonyl (C=O) groups excluding carboxylic acids is 1. The third-order valence-corrected chi connectivity index (χ3v) is 5.01. The van der Waals surface area contributed by atoms with E-state index in [9.17, 15) is 4.79 Å². The number of ether oxygens (including phenoxy) is 2. The van der Waals surface area contributed by atoms with Gasteiger partial charge in [-0.25, -0.2) is 4.98 Å². The topological polar surface area (TPSA) is 73.3 Å². The summed E-state index contributed by atoms with van der Waals surface area (Å²) in [7, 11) is 3.17. The van der Waals surface area contributed by atoms with E-state index in [4.69, 9.17) is 9.47 Å². The van der Waals surface area contributed by atoms with Crippen LogP contribution in [-0.4, -0.2) is 30.1 Å². The summed E-state index contributed by atoms with van der Waals surface area (Å²) in [5, 5.41) is 3.62. The number of nitrogens with one attached hydrogen (secondary N) is 1. The van der Waals surface area contributed by atoms with Gasteiger partial charge in [-0.1, -0.05) is 17.8 Å². The van der Waals surface area contributed by atoms with Crippen molar-refractivity contribution in [2.45, 2.75) is 10.8 Å². The summed E-state index contributed by atoms with van der Waals surface area (Å²) in [5.41, 5.74) is 2.39. The van der Waals surface area contributed by atoms with Gasteiger partial charge in [-0.05, 0) is 42.5 Å². The minimum Gasteiger partial charge on any atom is -0.497 e. The van der Waals surface area contributed by atoms with Crippen LogP contribution in [-0.2, 0) is 10.5 Å². The maximum atomic E-state index is 12.4. The van der Waals surface area contributed by atoms with Crippen molar-refractivity contribution < 1.29 is 14.3 Å². The third-order valence-electron chi connectivity index (χ3n) is 3.97. The van der Waals surface area contributed by atoms with Gasteiger partial charge in [-0.15, -0.1) is 0 Å². The SMILES string of the molecule is COc1ccc(/C=C/C(=O)Nc2cccnc2SCc2ccccn2)c(OC)c1. The molecular weight excluding hydrogens is 386 g/mol. The molecule has 148 valence electrons. The monoisotopic (exact) mass is 407 g/mol. The molecule has 0 unspecified atom stereocenters. The van der Waals surface area contributed by atoms with Crippen molar-refractivity contribution in [1.29, 1.82) is 0 Å². The van der Waals surface area contributed by atoms with Crippen LogP contribution in [0.3, 0.4) is 0 Å². The second-order valence-electron chi connectivity index (χ2n) is 5.90. The largest absolute Gasteiger partial charge is 0.497 e. The van der Waals surface area contributed by atoms with Gasteiger partial charge in [0.1, 0.15) is 16.5 Å². The van der Waals surface area contributed by atoms with Crippen LogP contribution >= 0.6 is 11.8 Å². The summed E-state index contributed by atoms with van der Waals surface area (Å²) in [4.78, 5) is 21.1. The Kier molecular flexibility index (Phi) is 7.24. The Morgan fingerprint density at radius 2 is 1.93 bits per heavy atom. The number of rotatable bonds is 8. The van der Waals surface area contributed by atoms with Crippen molar-refractivity contribution in [1.82, 2.24) is 9.97 Å². The fourth-order valence-electron chi connectivity index (χ4n) is 2.52. The molecule has 0 saturated carbocycles. The Morgan fingerprint density at radius 3 is 2.69 bits per heavy atom. The van der Waals surface area contributed by atoms with E-state index in [1.807, 2.05) is 36.4 Å². The van der Waals surface area contributed by atoms with E-state index >= 15 is 0 Å². The molecule has 3 rings (SSSR count). The summed E-state index contributed by atoms with van der Waals surface area (Å²) in [6.07, 6.45) is 6.62. The van der Waals surface area contributed by atoms with E-state index in [1.165, 1.54) is 17.8 Å². The van der Waals surface area contributed by atoms with E-state index in [0.717, 1.165) is 16.3 Å². The molecule has 0 aliphatic heterocycles. The molecule has 0 aliphatic carbocycles. The first kappa shape index (κ1) is 20.4. The van der Waals surface area contributed by atoms with Crippen LogP contribution in [0.1, 0.15) is 11.3 Å². The molecule has 29 heavy (non-hydrogen) atoms. The molecule has 0 atom stereocenters. The Labute approximate surface area is 174 Å². The lowest BCUT2D eigenvalue weighted by atomic mass is 10.1. The first-order valence-corrected chi connectivity index (χ1v) is 9.87. The quantitative estimate of drug-likeness (QED) is 0.440. The lowest BCUT2D eigenvalue weighted by molar-refractivity contribution is -0.111. The average Bonchev–Trinajstić information content (AvgIpc) is 2.77. The summed E-state index contributed by atoms with van der Waals surface area (Å²) < 4.78 is 10.5. The maximum Gasteiger partial charge on any atom is 0.248 e. The molecule has 0 bridgehead atoms. The normalized spacial score (nSPS) is 10.7. The number of pyridine rings is 2. The van der Waals surface area contributed by atoms with Gasteiger partial charge < -0.3 is 14.8 Å². The Balaban J connectivity index is 1.67.